The summed E-state index contributed by atoms with van der Waals surface area (Å²) in [6, 6.07) is 10.0. The topological polar surface area (TPSA) is 83.8 Å². The molecule has 3 rings (SSSR count). The molecule has 1 aliphatic rings. The number of hydrogen-bond donors (Lipinski definition) is 2. The molecule has 7 heteroatoms. The molecule has 0 bridgehead atoms. The molecule has 1 saturated heterocycles. The van der Waals surface area contributed by atoms with E-state index in [1.165, 1.54) is 6.26 Å². The van der Waals surface area contributed by atoms with Gasteiger partial charge in [0.05, 0.1) is 19.5 Å². The lowest BCUT2D eigenvalue weighted by Crippen LogP contribution is -2.37. The number of carbonyl (C=O) groups is 2. The molecule has 1 fully saturated rings. The molecule has 0 aliphatic carbocycles. The van der Waals surface area contributed by atoms with Crippen molar-refractivity contribution >= 4 is 17.5 Å². The van der Waals surface area contributed by atoms with Gasteiger partial charge in [-0.25, -0.2) is 0 Å². The number of unbranched alkanes of at least 4 members (excludes halogenated alkanes) is 1. The van der Waals surface area contributed by atoms with Gasteiger partial charge in [-0.15, -0.1) is 0 Å². The highest BCUT2D eigenvalue weighted by molar-refractivity contribution is 6.02. The summed E-state index contributed by atoms with van der Waals surface area (Å²) in [5.74, 6) is -0.184. The van der Waals surface area contributed by atoms with Crippen molar-refractivity contribution in [2.75, 3.05) is 44.7 Å². The van der Waals surface area contributed by atoms with Crippen LogP contribution in [-0.2, 0) is 4.74 Å². The summed E-state index contributed by atoms with van der Waals surface area (Å²) in [4.78, 5) is 26.5. The molecule has 7 nitrogen and oxygen atoms in total. The number of benzene rings is 1. The average molecular weight is 371 g/mol. The smallest absolute Gasteiger partial charge is 0.291 e. The number of nitrogens with one attached hydrogen (secondary N) is 2. The molecule has 0 unspecified atom stereocenters. The molecule has 27 heavy (non-hydrogen) atoms. The summed E-state index contributed by atoms with van der Waals surface area (Å²) >= 11 is 0. The standard InChI is InChI=1S/C20H25N3O4/c24-19(21-9-1-2-10-23-11-14-26-15-12-23)16-5-7-17(8-6-16)22-20(25)18-4-3-13-27-18/h3-8,13H,1-2,9-12,14-15H2,(H,21,24)(H,22,25). The van der Waals surface area contributed by atoms with E-state index in [1.807, 2.05) is 0 Å². The fourth-order valence-corrected chi connectivity index (χ4v) is 2.89. The molecule has 0 spiro atoms. The normalized spacial score (nSPS) is 14.7. The molecular weight excluding hydrogens is 346 g/mol. The number of rotatable bonds is 8. The highest BCUT2D eigenvalue weighted by Crippen LogP contribution is 2.12. The van der Waals surface area contributed by atoms with Crippen LogP contribution in [0.3, 0.4) is 0 Å². The summed E-state index contributed by atoms with van der Waals surface area (Å²) in [7, 11) is 0. The molecule has 2 aromatic rings. The molecule has 1 aromatic heterocycles. The Morgan fingerprint density at radius 3 is 2.48 bits per heavy atom. The minimum Gasteiger partial charge on any atom is -0.459 e. The average Bonchev–Trinajstić information content (AvgIpc) is 3.24. The first-order valence-electron chi connectivity index (χ1n) is 9.25. The summed E-state index contributed by atoms with van der Waals surface area (Å²) in [5.41, 5.74) is 1.18. The van der Waals surface area contributed by atoms with Gasteiger partial charge < -0.3 is 19.8 Å². The Kier molecular flexibility index (Phi) is 7.01. The van der Waals surface area contributed by atoms with Crippen LogP contribution in [0.5, 0.6) is 0 Å². The van der Waals surface area contributed by atoms with Crippen molar-refractivity contribution < 1.29 is 18.7 Å². The fourth-order valence-electron chi connectivity index (χ4n) is 2.89. The Morgan fingerprint density at radius 2 is 1.78 bits per heavy atom. The van der Waals surface area contributed by atoms with Crippen molar-refractivity contribution in [1.82, 2.24) is 10.2 Å². The predicted octanol–water partition coefficient (Wildman–Crippen LogP) is 2.37. The largest absolute Gasteiger partial charge is 0.459 e. The van der Waals surface area contributed by atoms with Crippen molar-refractivity contribution in [3.05, 3.63) is 54.0 Å². The van der Waals surface area contributed by atoms with E-state index in [2.05, 4.69) is 15.5 Å². The maximum absolute atomic E-state index is 12.2. The van der Waals surface area contributed by atoms with E-state index in [4.69, 9.17) is 9.15 Å². The van der Waals surface area contributed by atoms with Gasteiger partial charge in [0, 0.05) is 30.9 Å². The van der Waals surface area contributed by atoms with E-state index in [-0.39, 0.29) is 17.6 Å². The number of anilines is 1. The maximum Gasteiger partial charge on any atom is 0.291 e. The predicted molar refractivity (Wildman–Crippen MR) is 102 cm³/mol. The number of morpholine rings is 1. The van der Waals surface area contributed by atoms with Crippen molar-refractivity contribution in [3.8, 4) is 0 Å². The summed E-state index contributed by atoms with van der Waals surface area (Å²) in [6.07, 6.45) is 3.45. The number of hydrogen-bond acceptors (Lipinski definition) is 5. The van der Waals surface area contributed by atoms with E-state index < -0.39 is 0 Å². The van der Waals surface area contributed by atoms with Gasteiger partial charge in [0.15, 0.2) is 5.76 Å². The van der Waals surface area contributed by atoms with Crippen LogP contribution in [0, 0.1) is 0 Å². The monoisotopic (exact) mass is 371 g/mol. The molecular formula is C20H25N3O4. The Labute approximate surface area is 158 Å². The second-order valence-electron chi connectivity index (χ2n) is 6.43. The minimum atomic E-state index is -0.322. The second kappa shape index (κ2) is 9.89. The molecule has 144 valence electrons. The van der Waals surface area contributed by atoms with Crippen LogP contribution >= 0.6 is 0 Å². The van der Waals surface area contributed by atoms with Gasteiger partial charge in [-0.2, -0.15) is 0 Å². The zero-order valence-corrected chi connectivity index (χ0v) is 15.3. The molecule has 0 radical (unpaired) electrons. The fraction of sp³-hybridized carbons (Fsp3) is 0.400. The summed E-state index contributed by atoms with van der Waals surface area (Å²) in [5, 5.41) is 5.66. The van der Waals surface area contributed by atoms with Crippen molar-refractivity contribution in [2.45, 2.75) is 12.8 Å². The van der Waals surface area contributed by atoms with Crippen LogP contribution in [0.1, 0.15) is 33.8 Å². The van der Waals surface area contributed by atoms with Crippen molar-refractivity contribution in [2.24, 2.45) is 0 Å². The molecule has 2 N–H and O–H groups in total. The molecule has 0 atom stereocenters. The molecule has 0 saturated carbocycles. The Balaban J connectivity index is 1.36. The zero-order chi connectivity index (χ0) is 18.9. The number of carbonyl (C=O) groups excluding carboxylic acids is 2. The lowest BCUT2D eigenvalue weighted by atomic mass is 10.2. The number of amides is 2. The second-order valence-corrected chi connectivity index (χ2v) is 6.43. The number of furan rings is 1. The van der Waals surface area contributed by atoms with Gasteiger partial charge in [0.1, 0.15) is 0 Å². The summed E-state index contributed by atoms with van der Waals surface area (Å²) in [6.45, 7) is 5.32. The van der Waals surface area contributed by atoms with Crippen molar-refractivity contribution in [3.63, 3.8) is 0 Å². The van der Waals surface area contributed by atoms with Gasteiger partial charge in [-0.05, 0) is 55.8 Å². The third-order valence-electron chi connectivity index (χ3n) is 4.44. The first-order valence-corrected chi connectivity index (χ1v) is 9.25. The van der Waals surface area contributed by atoms with Gasteiger partial charge >= 0.3 is 0 Å². The lowest BCUT2D eigenvalue weighted by molar-refractivity contribution is 0.0372. The van der Waals surface area contributed by atoms with Crippen LogP contribution < -0.4 is 10.6 Å². The quantitative estimate of drug-likeness (QED) is 0.696. The van der Waals surface area contributed by atoms with Gasteiger partial charge in [0.2, 0.25) is 0 Å². The van der Waals surface area contributed by atoms with Crippen LogP contribution in [0.4, 0.5) is 5.69 Å². The van der Waals surface area contributed by atoms with E-state index in [9.17, 15) is 9.59 Å². The summed E-state index contributed by atoms with van der Waals surface area (Å²) < 4.78 is 10.4. The van der Waals surface area contributed by atoms with Gasteiger partial charge in [-0.1, -0.05) is 0 Å². The molecule has 1 aliphatic heterocycles. The minimum absolute atomic E-state index is 0.106. The molecule has 2 amide bonds. The first-order chi connectivity index (χ1) is 13.2. The van der Waals surface area contributed by atoms with Gasteiger partial charge in [-0.3, -0.25) is 14.5 Å². The Morgan fingerprint density at radius 1 is 1.00 bits per heavy atom. The van der Waals surface area contributed by atoms with Crippen LogP contribution in [0.15, 0.2) is 47.1 Å². The van der Waals surface area contributed by atoms with Gasteiger partial charge in [0.25, 0.3) is 11.8 Å². The third-order valence-corrected chi connectivity index (χ3v) is 4.44. The van der Waals surface area contributed by atoms with E-state index in [1.54, 1.807) is 36.4 Å². The van der Waals surface area contributed by atoms with Crippen LogP contribution in [-0.4, -0.2) is 56.1 Å². The van der Waals surface area contributed by atoms with Crippen LogP contribution in [0.2, 0.25) is 0 Å². The van der Waals surface area contributed by atoms with Crippen molar-refractivity contribution in [1.29, 1.82) is 0 Å². The third kappa shape index (κ3) is 5.94. The highest BCUT2D eigenvalue weighted by Gasteiger charge is 2.11. The van der Waals surface area contributed by atoms with E-state index in [0.29, 0.717) is 17.8 Å². The van der Waals surface area contributed by atoms with E-state index >= 15 is 0 Å². The SMILES string of the molecule is O=C(NCCCCN1CCOCC1)c1ccc(NC(=O)c2ccco2)cc1. The van der Waals surface area contributed by atoms with E-state index in [0.717, 1.165) is 45.7 Å². The highest BCUT2D eigenvalue weighted by atomic mass is 16.5. The zero-order valence-electron chi connectivity index (χ0n) is 15.3. The Hall–Kier alpha value is -2.64. The Bertz CT molecular complexity index is 722. The number of ether oxygens (including phenoxy) is 1. The van der Waals surface area contributed by atoms with Crippen LogP contribution in [0.25, 0.3) is 0 Å². The lowest BCUT2D eigenvalue weighted by Gasteiger charge is -2.26. The maximum atomic E-state index is 12.2. The number of nitrogens with zero attached hydrogens (tertiary/aromatic N) is 1. The molecule has 2 heterocycles. The first kappa shape index (κ1) is 19.1. The molecule has 1 aromatic carbocycles.